The Morgan fingerprint density at radius 2 is 1.79 bits per heavy atom. The van der Waals surface area contributed by atoms with E-state index in [0.717, 1.165) is 17.1 Å². The van der Waals surface area contributed by atoms with Crippen LogP contribution in [0, 0.1) is 0 Å². The van der Waals surface area contributed by atoms with E-state index >= 15 is 0 Å². The lowest BCUT2D eigenvalue weighted by Crippen LogP contribution is -2.10. The third-order valence-electron chi connectivity index (χ3n) is 3.80. The average Bonchev–Trinajstić information content (AvgIpc) is 3.12. The molecule has 0 unspecified atom stereocenters. The van der Waals surface area contributed by atoms with Crippen molar-refractivity contribution in [3.05, 3.63) is 36.2 Å². The molecule has 0 bridgehead atoms. The van der Waals surface area contributed by atoms with E-state index in [0.29, 0.717) is 6.04 Å². The molecule has 0 radical (unpaired) electrons. The van der Waals surface area contributed by atoms with Crippen molar-refractivity contribution in [2.75, 3.05) is 5.73 Å². The fourth-order valence-electron chi connectivity index (χ4n) is 2.36. The molecule has 0 atom stereocenters. The minimum atomic E-state index is 0.178. The second kappa shape index (κ2) is 4.12. The Hall–Kier alpha value is -1.77. The van der Waals surface area contributed by atoms with Gasteiger partial charge in [0.15, 0.2) is 0 Å². The molecule has 1 saturated carbocycles. The number of aromatic nitrogens is 2. The highest BCUT2D eigenvalue weighted by atomic mass is 15.2. The number of nitrogens with two attached hydrogens (primary N) is 1. The number of imidazole rings is 1. The minimum absolute atomic E-state index is 0.178. The predicted molar refractivity (Wildman–Crippen MR) is 79.0 cm³/mol. The van der Waals surface area contributed by atoms with Crippen molar-refractivity contribution in [3.8, 4) is 11.3 Å². The number of hydrogen-bond acceptors (Lipinski definition) is 2. The first kappa shape index (κ1) is 12.3. The number of nitrogens with zero attached hydrogens (tertiary/aromatic N) is 2. The Kier molecular flexibility index (Phi) is 2.66. The standard InChI is InChI=1S/C16H21N3/c1-16(2,3)12-6-4-11(5-7-12)14-15(17)19(10-18-14)13-8-9-13/h4-7,10,13H,8-9,17H2,1-3H3. The highest BCUT2D eigenvalue weighted by Gasteiger charge is 2.26. The van der Waals surface area contributed by atoms with Gasteiger partial charge in [-0.2, -0.15) is 0 Å². The number of rotatable bonds is 2. The van der Waals surface area contributed by atoms with Gasteiger partial charge in [0, 0.05) is 11.6 Å². The Balaban J connectivity index is 1.94. The van der Waals surface area contributed by atoms with Crippen molar-refractivity contribution in [2.24, 2.45) is 0 Å². The second-order valence-corrected chi connectivity index (χ2v) is 6.44. The van der Waals surface area contributed by atoms with Crippen LogP contribution in [0.2, 0.25) is 0 Å². The molecule has 3 rings (SSSR count). The molecule has 1 aliphatic carbocycles. The SMILES string of the molecule is CC(C)(C)c1ccc(-c2ncn(C3CC3)c2N)cc1. The Labute approximate surface area is 114 Å². The zero-order chi connectivity index (χ0) is 13.6. The molecular formula is C16H21N3. The minimum Gasteiger partial charge on any atom is -0.383 e. The molecule has 0 amide bonds. The number of hydrogen-bond donors (Lipinski definition) is 1. The molecule has 19 heavy (non-hydrogen) atoms. The zero-order valence-corrected chi connectivity index (χ0v) is 11.9. The van der Waals surface area contributed by atoms with E-state index in [2.05, 4.69) is 54.6 Å². The van der Waals surface area contributed by atoms with Crippen LogP contribution in [-0.4, -0.2) is 9.55 Å². The van der Waals surface area contributed by atoms with E-state index in [1.54, 1.807) is 0 Å². The Bertz CT molecular complexity index is 583. The number of nitrogen functional groups attached to an aromatic ring is 1. The molecule has 3 nitrogen and oxygen atoms in total. The van der Waals surface area contributed by atoms with Crippen molar-refractivity contribution >= 4 is 5.82 Å². The maximum atomic E-state index is 6.20. The van der Waals surface area contributed by atoms with Crippen LogP contribution in [0.5, 0.6) is 0 Å². The van der Waals surface area contributed by atoms with Gasteiger partial charge in [0.2, 0.25) is 0 Å². The molecule has 0 aliphatic heterocycles. The summed E-state index contributed by atoms with van der Waals surface area (Å²) in [5.41, 5.74) is 9.72. The predicted octanol–water partition coefficient (Wildman–Crippen LogP) is 3.76. The van der Waals surface area contributed by atoms with Gasteiger partial charge in [0.1, 0.15) is 11.5 Å². The van der Waals surface area contributed by atoms with Crippen LogP contribution >= 0.6 is 0 Å². The van der Waals surface area contributed by atoms with Crippen molar-refractivity contribution in [2.45, 2.75) is 45.1 Å². The van der Waals surface area contributed by atoms with Gasteiger partial charge in [-0.3, -0.25) is 0 Å². The molecule has 0 spiro atoms. The maximum absolute atomic E-state index is 6.20. The lowest BCUT2D eigenvalue weighted by atomic mass is 9.86. The van der Waals surface area contributed by atoms with Gasteiger partial charge in [-0.1, -0.05) is 45.0 Å². The van der Waals surface area contributed by atoms with Crippen LogP contribution in [0.1, 0.15) is 45.2 Å². The first-order chi connectivity index (χ1) is 8.97. The normalized spacial score (nSPS) is 15.7. The van der Waals surface area contributed by atoms with Gasteiger partial charge in [-0.05, 0) is 23.8 Å². The molecule has 3 heteroatoms. The molecule has 1 aromatic carbocycles. The van der Waals surface area contributed by atoms with Gasteiger partial charge < -0.3 is 10.3 Å². The molecule has 2 N–H and O–H groups in total. The highest BCUT2D eigenvalue weighted by molar-refractivity contribution is 5.70. The third kappa shape index (κ3) is 2.25. The van der Waals surface area contributed by atoms with Crippen LogP contribution in [0.4, 0.5) is 5.82 Å². The van der Waals surface area contributed by atoms with Crippen molar-refractivity contribution in [3.63, 3.8) is 0 Å². The van der Waals surface area contributed by atoms with Gasteiger partial charge >= 0.3 is 0 Å². The van der Waals surface area contributed by atoms with Crippen LogP contribution in [0.25, 0.3) is 11.3 Å². The fraction of sp³-hybridized carbons (Fsp3) is 0.438. The van der Waals surface area contributed by atoms with Crippen LogP contribution in [0.15, 0.2) is 30.6 Å². The van der Waals surface area contributed by atoms with E-state index in [-0.39, 0.29) is 5.41 Å². The van der Waals surface area contributed by atoms with Gasteiger partial charge in [0.25, 0.3) is 0 Å². The molecule has 100 valence electrons. The molecule has 1 aliphatic rings. The van der Waals surface area contributed by atoms with Crippen molar-refractivity contribution in [1.82, 2.24) is 9.55 Å². The second-order valence-electron chi connectivity index (χ2n) is 6.44. The number of anilines is 1. The summed E-state index contributed by atoms with van der Waals surface area (Å²) < 4.78 is 2.10. The first-order valence-electron chi connectivity index (χ1n) is 6.90. The summed E-state index contributed by atoms with van der Waals surface area (Å²) in [6, 6.07) is 9.16. The monoisotopic (exact) mass is 255 g/mol. The molecule has 2 aromatic rings. The topological polar surface area (TPSA) is 43.8 Å². The van der Waals surface area contributed by atoms with E-state index in [4.69, 9.17) is 5.73 Å². The lowest BCUT2D eigenvalue weighted by Gasteiger charge is -2.19. The summed E-state index contributed by atoms with van der Waals surface area (Å²) in [5.74, 6) is 0.797. The summed E-state index contributed by atoms with van der Waals surface area (Å²) in [7, 11) is 0. The molecule has 1 aromatic heterocycles. The van der Waals surface area contributed by atoms with Crippen molar-refractivity contribution in [1.29, 1.82) is 0 Å². The average molecular weight is 255 g/mol. The summed E-state index contributed by atoms with van der Waals surface area (Å²) in [6.07, 6.45) is 4.33. The highest BCUT2D eigenvalue weighted by Crippen LogP contribution is 2.39. The number of benzene rings is 1. The summed E-state index contributed by atoms with van der Waals surface area (Å²) in [6.45, 7) is 6.66. The zero-order valence-electron chi connectivity index (χ0n) is 11.9. The fourth-order valence-corrected chi connectivity index (χ4v) is 2.36. The Morgan fingerprint density at radius 3 is 2.32 bits per heavy atom. The molecule has 1 heterocycles. The summed E-state index contributed by atoms with van der Waals surface area (Å²) >= 11 is 0. The van der Waals surface area contributed by atoms with E-state index < -0.39 is 0 Å². The lowest BCUT2D eigenvalue weighted by molar-refractivity contribution is 0.590. The van der Waals surface area contributed by atoms with Crippen LogP contribution < -0.4 is 5.73 Å². The van der Waals surface area contributed by atoms with Crippen LogP contribution in [0.3, 0.4) is 0 Å². The van der Waals surface area contributed by atoms with Gasteiger partial charge in [-0.25, -0.2) is 4.98 Å². The molecular weight excluding hydrogens is 234 g/mol. The molecule has 0 saturated heterocycles. The first-order valence-corrected chi connectivity index (χ1v) is 6.90. The largest absolute Gasteiger partial charge is 0.383 e. The smallest absolute Gasteiger partial charge is 0.131 e. The third-order valence-corrected chi connectivity index (χ3v) is 3.80. The van der Waals surface area contributed by atoms with Crippen molar-refractivity contribution < 1.29 is 0 Å². The maximum Gasteiger partial charge on any atom is 0.131 e. The Morgan fingerprint density at radius 1 is 1.16 bits per heavy atom. The van der Waals surface area contributed by atoms with E-state index in [1.165, 1.54) is 18.4 Å². The van der Waals surface area contributed by atoms with Crippen LogP contribution in [-0.2, 0) is 5.41 Å². The quantitative estimate of drug-likeness (QED) is 0.887. The van der Waals surface area contributed by atoms with E-state index in [1.807, 2.05) is 6.33 Å². The summed E-state index contributed by atoms with van der Waals surface area (Å²) in [5, 5.41) is 0. The molecule has 1 fully saturated rings. The van der Waals surface area contributed by atoms with E-state index in [9.17, 15) is 0 Å². The van der Waals surface area contributed by atoms with Gasteiger partial charge in [-0.15, -0.1) is 0 Å². The summed E-state index contributed by atoms with van der Waals surface area (Å²) in [4.78, 5) is 4.48. The van der Waals surface area contributed by atoms with Gasteiger partial charge in [0.05, 0.1) is 6.33 Å².